The lowest BCUT2D eigenvalue weighted by Crippen LogP contribution is -2.35. The third-order valence-electron chi connectivity index (χ3n) is 3.90. The first-order valence-corrected chi connectivity index (χ1v) is 9.43. The van der Waals surface area contributed by atoms with Crippen LogP contribution < -0.4 is 14.8 Å². The minimum atomic E-state index is -4.08. The van der Waals surface area contributed by atoms with Crippen molar-refractivity contribution in [2.24, 2.45) is 0 Å². The summed E-state index contributed by atoms with van der Waals surface area (Å²) < 4.78 is 76.5. The Kier molecular flexibility index (Phi) is 5.47. The number of carbonyl (C=O) groups is 1. The molecule has 1 heterocycles. The zero-order valence-corrected chi connectivity index (χ0v) is 15.4. The smallest absolute Gasteiger partial charge is 0.243 e. The van der Waals surface area contributed by atoms with E-state index in [1.54, 1.807) is 0 Å². The van der Waals surface area contributed by atoms with Crippen molar-refractivity contribution >= 4 is 21.6 Å². The second-order valence-electron chi connectivity index (χ2n) is 5.84. The van der Waals surface area contributed by atoms with Gasteiger partial charge in [0.15, 0.2) is 29.0 Å². The van der Waals surface area contributed by atoms with Gasteiger partial charge in [-0.15, -0.1) is 0 Å². The summed E-state index contributed by atoms with van der Waals surface area (Å²) in [6.45, 7) is -0.0660. The number of rotatable bonds is 5. The topological polar surface area (TPSA) is 84.9 Å². The van der Waals surface area contributed by atoms with Gasteiger partial charge in [-0.1, -0.05) is 0 Å². The Morgan fingerprint density at radius 1 is 1.07 bits per heavy atom. The van der Waals surface area contributed by atoms with Crippen molar-refractivity contribution in [2.75, 3.05) is 32.1 Å². The maximum Gasteiger partial charge on any atom is 0.243 e. The Morgan fingerprint density at radius 2 is 1.75 bits per heavy atom. The molecule has 11 heteroatoms. The number of halogens is 3. The van der Waals surface area contributed by atoms with E-state index in [0.29, 0.717) is 18.4 Å². The van der Waals surface area contributed by atoms with Gasteiger partial charge in [0, 0.05) is 13.1 Å². The molecule has 0 spiro atoms. The van der Waals surface area contributed by atoms with E-state index in [1.807, 2.05) is 5.32 Å². The zero-order valence-electron chi connectivity index (χ0n) is 14.5. The summed E-state index contributed by atoms with van der Waals surface area (Å²) in [4.78, 5) is 11.9. The number of likely N-dealkylation sites (N-methyl/N-ethyl adjacent to an activating group) is 1. The summed E-state index contributed by atoms with van der Waals surface area (Å²) in [5.74, 6) is -5.00. The van der Waals surface area contributed by atoms with Gasteiger partial charge in [0.25, 0.3) is 0 Å². The number of sulfonamides is 1. The average Bonchev–Trinajstić information content (AvgIpc) is 2.68. The van der Waals surface area contributed by atoms with Crippen LogP contribution in [0.25, 0.3) is 0 Å². The number of hydrogen-bond acceptors (Lipinski definition) is 5. The Labute approximate surface area is 158 Å². The molecule has 0 fully saturated rings. The predicted octanol–water partition coefficient (Wildman–Crippen LogP) is 2.13. The first-order valence-electron chi connectivity index (χ1n) is 7.99. The largest absolute Gasteiger partial charge is 0.486 e. The Balaban J connectivity index is 1.73. The maximum absolute atomic E-state index is 13.6. The van der Waals surface area contributed by atoms with Crippen LogP contribution in [0.3, 0.4) is 0 Å². The van der Waals surface area contributed by atoms with Gasteiger partial charge in [-0.05, 0) is 24.3 Å². The monoisotopic (exact) mass is 416 g/mol. The van der Waals surface area contributed by atoms with E-state index in [-0.39, 0.29) is 17.3 Å². The second-order valence-corrected chi connectivity index (χ2v) is 7.88. The SMILES string of the molecule is CN(CC(=O)Nc1ccc(F)c(F)c1F)S(=O)(=O)c1ccc2c(c1)OCCO2. The van der Waals surface area contributed by atoms with Gasteiger partial charge < -0.3 is 14.8 Å². The van der Waals surface area contributed by atoms with E-state index in [4.69, 9.17) is 9.47 Å². The van der Waals surface area contributed by atoms with Crippen LogP contribution in [-0.2, 0) is 14.8 Å². The highest BCUT2D eigenvalue weighted by molar-refractivity contribution is 7.89. The first kappa shape index (κ1) is 20.0. The molecule has 0 unspecified atom stereocenters. The van der Waals surface area contributed by atoms with E-state index in [9.17, 15) is 26.4 Å². The van der Waals surface area contributed by atoms with E-state index < -0.39 is 45.6 Å². The van der Waals surface area contributed by atoms with Gasteiger partial charge in [-0.25, -0.2) is 21.6 Å². The third-order valence-corrected chi connectivity index (χ3v) is 5.70. The molecular formula is C17H15F3N2O5S. The predicted molar refractivity (Wildman–Crippen MR) is 92.2 cm³/mol. The number of nitrogens with zero attached hydrogens (tertiary/aromatic N) is 1. The number of nitrogens with one attached hydrogen (secondary N) is 1. The lowest BCUT2D eigenvalue weighted by molar-refractivity contribution is -0.116. The van der Waals surface area contributed by atoms with Crippen molar-refractivity contribution in [1.29, 1.82) is 0 Å². The van der Waals surface area contributed by atoms with Gasteiger partial charge >= 0.3 is 0 Å². The van der Waals surface area contributed by atoms with Gasteiger partial charge in [0.2, 0.25) is 15.9 Å². The molecule has 0 saturated heterocycles. The number of carbonyl (C=O) groups excluding carboxylic acids is 1. The molecule has 28 heavy (non-hydrogen) atoms. The highest BCUT2D eigenvalue weighted by Crippen LogP contribution is 2.33. The minimum Gasteiger partial charge on any atom is -0.486 e. The molecular weight excluding hydrogens is 401 g/mol. The molecule has 0 radical (unpaired) electrons. The average molecular weight is 416 g/mol. The zero-order chi connectivity index (χ0) is 20.5. The van der Waals surface area contributed by atoms with Crippen molar-refractivity contribution in [1.82, 2.24) is 4.31 Å². The summed E-state index contributed by atoms with van der Waals surface area (Å²) in [5.41, 5.74) is -0.603. The molecule has 7 nitrogen and oxygen atoms in total. The van der Waals surface area contributed by atoms with Crippen LogP contribution in [0.5, 0.6) is 11.5 Å². The summed E-state index contributed by atoms with van der Waals surface area (Å²) in [7, 11) is -2.93. The number of ether oxygens (including phenoxy) is 2. The quantitative estimate of drug-likeness (QED) is 0.755. The maximum atomic E-state index is 13.6. The Hall–Kier alpha value is -2.79. The van der Waals surface area contributed by atoms with Crippen LogP contribution in [0.1, 0.15) is 0 Å². The lowest BCUT2D eigenvalue weighted by Gasteiger charge is -2.21. The minimum absolute atomic E-state index is 0.133. The summed E-state index contributed by atoms with van der Waals surface area (Å²) in [6.07, 6.45) is 0. The lowest BCUT2D eigenvalue weighted by atomic mass is 10.2. The number of anilines is 1. The molecule has 0 bridgehead atoms. The highest BCUT2D eigenvalue weighted by atomic mass is 32.2. The highest BCUT2D eigenvalue weighted by Gasteiger charge is 2.26. The Bertz CT molecular complexity index is 1030. The molecule has 1 aliphatic heterocycles. The first-order chi connectivity index (χ1) is 13.2. The molecule has 3 rings (SSSR count). The van der Waals surface area contributed by atoms with Crippen LogP contribution in [-0.4, -0.2) is 45.4 Å². The molecule has 0 saturated carbocycles. The fourth-order valence-electron chi connectivity index (χ4n) is 2.46. The van der Waals surface area contributed by atoms with E-state index >= 15 is 0 Å². The van der Waals surface area contributed by atoms with Crippen molar-refractivity contribution in [3.05, 3.63) is 47.8 Å². The van der Waals surface area contributed by atoms with Crippen LogP contribution in [0.4, 0.5) is 18.9 Å². The number of amides is 1. The number of fused-ring (bicyclic) bond motifs is 1. The molecule has 0 atom stereocenters. The molecule has 1 aliphatic rings. The van der Waals surface area contributed by atoms with Gasteiger partial charge in [0.1, 0.15) is 13.2 Å². The molecule has 1 amide bonds. The summed E-state index contributed by atoms with van der Waals surface area (Å²) >= 11 is 0. The number of hydrogen-bond donors (Lipinski definition) is 1. The van der Waals surface area contributed by atoms with Gasteiger partial charge in [-0.2, -0.15) is 4.31 Å². The van der Waals surface area contributed by atoms with Crippen molar-refractivity contribution in [2.45, 2.75) is 4.90 Å². The van der Waals surface area contributed by atoms with E-state index in [2.05, 4.69) is 0 Å². The van der Waals surface area contributed by atoms with Crippen molar-refractivity contribution < 1.29 is 35.9 Å². The van der Waals surface area contributed by atoms with Crippen LogP contribution in [0.15, 0.2) is 35.2 Å². The van der Waals surface area contributed by atoms with Gasteiger partial charge in [-0.3, -0.25) is 4.79 Å². The molecule has 2 aromatic carbocycles. The fraction of sp³-hybridized carbons (Fsp3) is 0.235. The summed E-state index contributed by atoms with van der Waals surface area (Å²) in [5, 5.41) is 2.01. The second kappa shape index (κ2) is 7.68. The molecule has 2 aromatic rings. The molecule has 0 aromatic heterocycles. The van der Waals surface area contributed by atoms with Crippen LogP contribution >= 0.6 is 0 Å². The van der Waals surface area contributed by atoms with Gasteiger partial charge in [0.05, 0.1) is 17.1 Å². The standard InChI is InChI=1S/C17H15F3N2O5S/c1-22(9-15(23)21-12-4-3-11(18)16(19)17(12)20)28(24,25)10-2-5-13-14(8-10)27-7-6-26-13/h2-5,8H,6-7,9H2,1H3,(H,21,23). The Morgan fingerprint density at radius 3 is 2.46 bits per heavy atom. The molecule has 1 N–H and O–H groups in total. The number of benzene rings is 2. The van der Waals surface area contributed by atoms with Crippen molar-refractivity contribution in [3.8, 4) is 11.5 Å². The fourth-order valence-corrected chi connectivity index (χ4v) is 3.61. The normalized spacial score (nSPS) is 13.5. The van der Waals surface area contributed by atoms with Crippen molar-refractivity contribution in [3.63, 3.8) is 0 Å². The molecule has 0 aliphatic carbocycles. The molecule has 150 valence electrons. The third kappa shape index (κ3) is 3.90. The van der Waals surface area contributed by atoms with Crippen LogP contribution in [0.2, 0.25) is 0 Å². The van der Waals surface area contributed by atoms with Crippen LogP contribution in [0, 0.1) is 17.5 Å². The summed E-state index contributed by atoms with van der Waals surface area (Å²) in [6, 6.07) is 5.48. The van der Waals surface area contributed by atoms with E-state index in [0.717, 1.165) is 17.4 Å². The van der Waals surface area contributed by atoms with E-state index in [1.165, 1.54) is 18.2 Å².